The number of rotatable bonds is 74. The summed E-state index contributed by atoms with van der Waals surface area (Å²) >= 11 is 0. The second-order valence-corrected chi connectivity index (χ2v) is 32.1. The van der Waals surface area contributed by atoms with Gasteiger partial charge in [-0.15, -0.1) is 0 Å². The van der Waals surface area contributed by atoms with Gasteiger partial charge >= 0.3 is 39.5 Å². The highest BCUT2D eigenvalue weighted by atomic mass is 31.2. The molecule has 0 aliphatic carbocycles. The summed E-state index contributed by atoms with van der Waals surface area (Å²) < 4.78 is 68.5. The summed E-state index contributed by atoms with van der Waals surface area (Å²) in [6, 6.07) is 0. The molecule has 0 aromatic rings. The number of hydrogen-bond donors (Lipinski definition) is 3. The van der Waals surface area contributed by atoms with E-state index >= 15 is 0 Å². The van der Waals surface area contributed by atoms with Crippen LogP contribution in [0.3, 0.4) is 0 Å². The third-order valence-corrected chi connectivity index (χ3v) is 20.4. The van der Waals surface area contributed by atoms with Crippen molar-refractivity contribution in [1.29, 1.82) is 0 Å². The molecule has 0 radical (unpaired) electrons. The molecule has 0 saturated heterocycles. The van der Waals surface area contributed by atoms with Crippen LogP contribution in [0.5, 0.6) is 0 Å². The van der Waals surface area contributed by atoms with Gasteiger partial charge in [-0.05, 0) is 49.4 Å². The predicted molar refractivity (Wildman–Crippen MR) is 391 cm³/mol. The zero-order valence-electron chi connectivity index (χ0n) is 63.0. The molecule has 0 amide bonds. The Morgan fingerprint density at radius 1 is 0.292 bits per heavy atom. The van der Waals surface area contributed by atoms with E-state index in [1.807, 2.05) is 0 Å². The highest BCUT2D eigenvalue weighted by molar-refractivity contribution is 7.47. The van der Waals surface area contributed by atoms with Gasteiger partial charge in [0.2, 0.25) is 0 Å². The van der Waals surface area contributed by atoms with Crippen molar-refractivity contribution in [3.63, 3.8) is 0 Å². The molecule has 19 heteroatoms. The lowest BCUT2D eigenvalue weighted by molar-refractivity contribution is -0.161. The van der Waals surface area contributed by atoms with E-state index in [4.69, 9.17) is 37.0 Å². The molecule has 0 aliphatic heterocycles. The molecule has 4 unspecified atom stereocenters. The van der Waals surface area contributed by atoms with Gasteiger partial charge in [-0.3, -0.25) is 37.3 Å². The minimum Gasteiger partial charge on any atom is -0.462 e. The van der Waals surface area contributed by atoms with E-state index in [1.165, 1.54) is 186 Å². The topological polar surface area (TPSA) is 237 Å². The first-order chi connectivity index (χ1) is 46.2. The van der Waals surface area contributed by atoms with Gasteiger partial charge < -0.3 is 33.8 Å². The Labute approximate surface area is 588 Å². The maximum atomic E-state index is 13.1. The minimum atomic E-state index is -4.96. The van der Waals surface area contributed by atoms with Gasteiger partial charge in [-0.2, -0.15) is 0 Å². The molecule has 0 rings (SSSR count). The Balaban J connectivity index is 5.20. The van der Waals surface area contributed by atoms with Crippen LogP contribution in [0.15, 0.2) is 0 Å². The van der Waals surface area contributed by atoms with Crippen LogP contribution in [0.1, 0.15) is 389 Å². The lowest BCUT2D eigenvalue weighted by Gasteiger charge is -2.21. The molecule has 0 aromatic heterocycles. The van der Waals surface area contributed by atoms with E-state index in [1.54, 1.807) is 0 Å². The van der Waals surface area contributed by atoms with Gasteiger partial charge in [-0.1, -0.05) is 338 Å². The van der Waals surface area contributed by atoms with E-state index in [-0.39, 0.29) is 25.7 Å². The van der Waals surface area contributed by atoms with Crippen molar-refractivity contribution in [3.8, 4) is 0 Å². The molecule has 0 heterocycles. The van der Waals surface area contributed by atoms with E-state index in [9.17, 15) is 43.2 Å². The lowest BCUT2D eigenvalue weighted by Crippen LogP contribution is -2.30. The second kappa shape index (κ2) is 66.3. The maximum Gasteiger partial charge on any atom is 0.472 e. The van der Waals surface area contributed by atoms with Gasteiger partial charge in [-0.25, -0.2) is 9.13 Å². The highest BCUT2D eigenvalue weighted by Gasteiger charge is 2.30. The van der Waals surface area contributed by atoms with Crippen molar-refractivity contribution in [2.24, 2.45) is 23.7 Å². The third-order valence-electron chi connectivity index (χ3n) is 18.5. The Morgan fingerprint density at radius 3 is 0.740 bits per heavy atom. The fourth-order valence-electron chi connectivity index (χ4n) is 11.7. The minimum absolute atomic E-state index is 0.103. The SMILES string of the molecule is CCC(C)CCCCCCCCCCCCC(=O)O[C@H](COC(=O)CCCCCCCCCCCCCCCCCCCCC(C)C)COP(=O)(O)OC[C@@H](O)COP(=O)(O)OC[C@@H](COC(=O)CCCCCCCCC(C)CC)OC(=O)CCCCCCCCCCC(C)C. The van der Waals surface area contributed by atoms with Crippen LogP contribution in [-0.2, 0) is 65.4 Å². The molecule has 96 heavy (non-hydrogen) atoms. The molecule has 0 aliphatic rings. The lowest BCUT2D eigenvalue weighted by atomic mass is 9.99. The maximum absolute atomic E-state index is 13.1. The summed E-state index contributed by atoms with van der Waals surface area (Å²) in [6.07, 6.45) is 51.5. The Morgan fingerprint density at radius 2 is 0.500 bits per heavy atom. The zero-order chi connectivity index (χ0) is 71.0. The summed E-state index contributed by atoms with van der Waals surface area (Å²) in [5.74, 6) is 0.952. The molecule has 0 fully saturated rings. The molecule has 3 N–H and O–H groups in total. The van der Waals surface area contributed by atoms with Crippen molar-refractivity contribution in [1.82, 2.24) is 0 Å². The van der Waals surface area contributed by atoms with Crippen LogP contribution >= 0.6 is 15.6 Å². The number of ether oxygens (including phenoxy) is 4. The van der Waals surface area contributed by atoms with E-state index in [2.05, 4.69) is 55.4 Å². The Hall–Kier alpha value is -1.94. The van der Waals surface area contributed by atoms with E-state index in [0.717, 1.165) is 120 Å². The molecular formula is C77H150O17P2. The summed E-state index contributed by atoms with van der Waals surface area (Å²) in [7, 11) is -9.91. The van der Waals surface area contributed by atoms with Crippen LogP contribution in [0.25, 0.3) is 0 Å². The number of carbonyl (C=O) groups excluding carboxylic acids is 4. The van der Waals surface area contributed by atoms with Crippen molar-refractivity contribution in [2.75, 3.05) is 39.6 Å². The first-order valence-corrected chi connectivity index (χ1v) is 42.8. The average Bonchev–Trinajstić information content (AvgIpc) is 1.15. The van der Waals surface area contributed by atoms with Gasteiger partial charge in [0.1, 0.15) is 19.3 Å². The van der Waals surface area contributed by atoms with Crippen LogP contribution in [0.2, 0.25) is 0 Å². The fraction of sp³-hybridized carbons (Fsp3) is 0.948. The van der Waals surface area contributed by atoms with Gasteiger partial charge in [0, 0.05) is 25.7 Å². The summed E-state index contributed by atoms with van der Waals surface area (Å²) in [4.78, 5) is 72.8. The Kier molecular flexibility index (Phi) is 65.0. The number of phosphoric acid groups is 2. The largest absolute Gasteiger partial charge is 0.472 e. The monoisotopic (exact) mass is 1410 g/mol. The number of aliphatic hydroxyl groups is 1. The summed E-state index contributed by atoms with van der Waals surface area (Å²) in [6.45, 7) is 14.2. The molecular weight excluding hydrogens is 1260 g/mol. The standard InChI is InChI=1S/C77H150O17P2/c1-9-69(7)55-47-39-31-24-21-22-26-33-43-51-59-76(81)93-72(63-87-74(79)57-49-41-32-25-20-18-16-14-12-11-13-15-17-19-23-29-37-45-53-67(3)4)65-91-95(83,84)89-61-71(78)62-90-96(85,86)92-66-73(64-88-75(80)58-50-42-36-35-40-48-56-70(8)10-2)94-77(82)60-52-44-34-28-27-30-38-46-54-68(5)6/h67-73,78H,9-66H2,1-8H3,(H,83,84)(H,85,86)/t69?,70?,71-,72-,73-/m1/s1. The molecule has 0 spiro atoms. The molecule has 17 nitrogen and oxygen atoms in total. The molecule has 0 saturated carbocycles. The van der Waals surface area contributed by atoms with Crippen LogP contribution < -0.4 is 0 Å². The molecule has 0 bridgehead atoms. The number of aliphatic hydroxyl groups excluding tert-OH is 1. The number of carbonyl (C=O) groups is 4. The van der Waals surface area contributed by atoms with Crippen molar-refractivity contribution in [2.45, 2.75) is 408 Å². The van der Waals surface area contributed by atoms with Crippen LogP contribution in [0, 0.1) is 23.7 Å². The summed E-state index contributed by atoms with van der Waals surface area (Å²) in [5.41, 5.74) is 0. The van der Waals surface area contributed by atoms with E-state index < -0.39 is 97.5 Å². The quantitative estimate of drug-likeness (QED) is 0.0222. The van der Waals surface area contributed by atoms with Crippen LogP contribution in [0.4, 0.5) is 0 Å². The first kappa shape index (κ1) is 94.1. The predicted octanol–water partition coefficient (Wildman–Crippen LogP) is 22.4. The van der Waals surface area contributed by atoms with Crippen molar-refractivity contribution in [3.05, 3.63) is 0 Å². The van der Waals surface area contributed by atoms with Crippen molar-refractivity contribution >= 4 is 39.5 Å². The summed E-state index contributed by atoms with van der Waals surface area (Å²) in [5, 5.41) is 10.6. The number of phosphoric ester groups is 2. The zero-order valence-corrected chi connectivity index (χ0v) is 64.8. The molecule has 0 aromatic carbocycles. The number of hydrogen-bond acceptors (Lipinski definition) is 15. The molecule has 570 valence electrons. The second-order valence-electron chi connectivity index (χ2n) is 29.2. The normalized spacial score (nSPS) is 14.7. The highest BCUT2D eigenvalue weighted by Crippen LogP contribution is 2.45. The first-order valence-electron chi connectivity index (χ1n) is 39.8. The van der Waals surface area contributed by atoms with Crippen LogP contribution in [-0.4, -0.2) is 96.7 Å². The number of unbranched alkanes of at least 4 members (excludes halogenated alkanes) is 38. The Bertz CT molecular complexity index is 1890. The smallest absolute Gasteiger partial charge is 0.462 e. The molecule has 7 atom stereocenters. The number of esters is 4. The third kappa shape index (κ3) is 67.9. The average molecular weight is 1410 g/mol. The van der Waals surface area contributed by atoms with Gasteiger partial charge in [0.05, 0.1) is 26.4 Å². The van der Waals surface area contributed by atoms with Crippen molar-refractivity contribution < 1.29 is 80.2 Å². The van der Waals surface area contributed by atoms with Gasteiger partial charge in [0.25, 0.3) is 0 Å². The fourth-order valence-corrected chi connectivity index (χ4v) is 13.2. The van der Waals surface area contributed by atoms with Gasteiger partial charge in [0.15, 0.2) is 12.2 Å². The van der Waals surface area contributed by atoms with E-state index in [0.29, 0.717) is 25.7 Å².